The summed E-state index contributed by atoms with van der Waals surface area (Å²) in [7, 11) is 0. The van der Waals surface area contributed by atoms with Crippen molar-refractivity contribution in [3.63, 3.8) is 0 Å². The maximum absolute atomic E-state index is 11.2. The van der Waals surface area contributed by atoms with Gasteiger partial charge in [0.1, 0.15) is 0 Å². The van der Waals surface area contributed by atoms with Crippen molar-refractivity contribution in [3.05, 3.63) is 30.1 Å². The maximum Gasteiger partial charge on any atom is 0.315 e. The molecule has 0 aliphatic heterocycles. The van der Waals surface area contributed by atoms with Crippen molar-refractivity contribution >= 4 is 6.03 Å². The van der Waals surface area contributed by atoms with Gasteiger partial charge in [0.2, 0.25) is 0 Å². The van der Waals surface area contributed by atoms with Crippen LogP contribution in [0.1, 0.15) is 18.4 Å². The van der Waals surface area contributed by atoms with Crippen LogP contribution in [0.5, 0.6) is 0 Å². The first-order valence-electron chi connectivity index (χ1n) is 4.78. The standard InChI is InChI=1S/C10H13N3O/c14-10(13-9-3-4-9)12-7-8-2-1-5-11-6-8/h1-2,5-6,9H,3-4,7H2,(H2,12,13,14). The Labute approximate surface area is 82.7 Å². The predicted molar refractivity (Wildman–Crippen MR) is 52.6 cm³/mol. The fourth-order valence-corrected chi connectivity index (χ4v) is 1.15. The summed E-state index contributed by atoms with van der Waals surface area (Å²) in [6.45, 7) is 0.534. The highest BCUT2D eigenvalue weighted by molar-refractivity contribution is 5.74. The summed E-state index contributed by atoms with van der Waals surface area (Å²) in [5.41, 5.74) is 1.01. The van der Waals surface area contributed by atoms with Gasteiger partial charge >= 0.3 is 6.03 Å². The Balaban J connectivity index is 1.73. The molecule has 0 saturated heterocycles. The summed E-state index contributed by atoms with van der Waals surface area (Å²) in [6.07, 6.45) is 5.69. The van der Waals surface area contributed by atoms with Crippen LogP contribution in [0.4, 0.5) is 4.79 Å². The first kappa shape index (κ1) is 8.99. The van der Waals surface area contributed by atoms with Crippen molar-refractivity contribution < 1.29 is 4.79 Å². The first-order valence-corrected chi connectivity index (χ1v) is 4.78. The molecule has 1 saturated carbocycles. The summed E-state index contributed by atoms with van der Waals surface area (Å²) in [4.78, 5) is 15.2. The van der Waals surface area contributed by atoms with Crippen molar-refractivity contribution in [1.29, 1.82) is 0 Å². The molecule has 74 valence electrons. The molecule has 1 aliphatic carbocycles. The van der Waals surface area contributed by atoms with Gasteiger partial charge in [-0.05, 0) is 24.5 Å². The van der Waals surface area contributed by atoms with Crippen LogP contribution < -0.4 is 10.6 Å². The van der Waals surface area contributed by atoms with Crippen LogP contribution in [0.15, 0.2) is 24.5 Å². The minimum Gasteiger partial charge on any atom is -0.335 e. The van der Waals surface area contributed by atoms with E-state index in [0.29, 0.717) is 12.6 Å². The Morgan fingerprint density at radius 3 is 3.07 bits per heavy atom. The lowest BCUT2D eigenvalue weighted by molar-refractivity contribution is 0.240. The van der Waals surface area contributed by atoms with Crippen molar-refractivity contribution in [3.8, 4) is 0 Å². The molecular weight excluding hydrogens is 178 g/mol. The van der Waals surface area contributed by atoms with E-state index in [2.05, 4.69) is 15.6 Å². The van der Waals surface area contributed by atoms with Crippen LogP contribution in [-0.2, 0) is 6.54 Å². The molecule has 0 bridgehead atoms. The zero-order valence-corrected chi connectivity index (χ0v) is 7.86. The number of carbonyl (C=O) groups excluding carboxylic acids is 1. The molecule has 0 unspecified atom stereocenters. The van der Waals surface area contributed by atoms with E-state index in [1.165, 1.54) is 0 Å². The van der Waals surface area contributed by atoms with E-state index in [-0.39, 0.29) is 6.03 Å². The molecular formula is C10H13N3O. The van der Waals surface area contributed by atoms with Crippen LogP contribution in [0.3, 0.4) is 0 Å². The Bertz CT molecular complexity index is 308. The van der Waals surface area contributed by atoms with E-state index >= 15 is 0 Å². The monoisotopic (exact) mass is 191 g/mol. The molecule has 2 rings (SSSR count). The average Bonchev–Trinajstić information content (AvgIpc) is 3.00. The van der Waals surface area contributed by atoms with Crippen LogP contribution in [-0.4, -0.2) is 17.1 Å². The second-order valence-electron chi connectivity index (χ2n) is 3.46. The fourth-order valence-electron chi connectivity index (χ4n) is 1.15. The van der Waals surface area contributed by atoms with E-state index in [0.717, 1.165) is 18.4 Å². The molecule has 1 fully saturated rings. The van der Waals surface area contributed by atoms with E-state index in [1.807, 2.05) is 12.1 Å². The minimum atomic E-state index is -0.0867. The van der Waals surface area contributed by atoms with Crippen LogP contribution in [0.2, 0.25) is 0 Å². The summed E-state index contributed by atoms with van der Waals surface area (Å²) in [5.74, 6) is 0. The number of hydrogen-bond acceptors (Lipinski definition) is 2. The number of aromatic nitrogens is 1. The highest BCUT2D eigenvalue weighted by Crippen LogP contribution is 2.18. The molecule has 1 aromatic rings. The second-order valence-corrected chi connectivity index (χ2v) is 3.46. The fraction of sp³-hybridized carbons (Fsp3) is 0.400. The number of rotatable bonds is 3. The van der Waals surface area contributed by atoms with Gasteiger partial charge < -0.3 is 10.6 Å². The van der Waals surface area contributed by atoms with Crippen LogP contribution >= 0.6 is 0 Å². The van der Waals surface area contributed by atoms with Gasteiger partial charge in [-0.3, -0.25) is 4.98 Å². The number of urea groups is 1. The summed E-state index contributed by atoms with van der Waals surface area (Å²) in [5, 5.41) is 5.63. The Morgan fingerprint density at radius 2 is 2.43 bits per heavy atom. The Kier molecular flexibility index (Phi) is 2.62. The topological polar surface area (TPSA) is 54.0 Å². The van der Waals surface area contributed by atoms with Gasteiger partial charge in [-0.15, -0.1) is 0 Å². The van der Waals surface area contributed by atoms with E-state index in [9.17, 15) is 4.79 Å². The number of amides is 2. The highest BCUT2D eigenvalue weighted by atomic mass is 16.2. The third-order valence-electron chi connectivity index (χ3n) is 2.09. The second kappa shape index (κ2) is 4.09. The lowest BCUT2D eigenvalue weighted by Crippen LogP contribution is -2.36. The van der Waals surface area contributed by atoms with Gasteiger partial charge in [0, 0.05) is 25.0 Å². The quantitative estimate of drug-likeness (QED) is 0.750. The molecule has 0 spiro atoms. The molecule has 1 aromatic heterocycles. The average molecular weight is 191 g/mol. The molecule has 2 N–H and O–H groups in total. The SMILES string of the molecule is O=C(NCc1cccnc1)NC1CC1. The number of nitrogens with zero attached hydrogens (tertiary/aromatic N) is 1. The molecule has 4 heteroatoms. The zero-order valence-electron chi connectivity index (χ0n) is 7.86. The van der Waals surface area contributed by atoms with Crippen LogP contribution in [0.25, 0.3) is 0 Å². The largest absolute Gasteiger partial charge is 0.335 e. The third kappa shape index (κ3) is 2.73. The number of carbonyl (C=O) groups is 1. The summed E-state index contributed by atoms with van der Waals surface area (Å²) in [6, 6.07) is 4.11. The number of pyridine rings is 1. The van der Waals surface area contributed by atoms with E-state index in [1.54, 1.807) is 12.4 Å². The molecule has 1 heterocycles. The van der Waals surface area contributed by atoms with Crippen molar-refractivity contribution in [1.82, 2.24) is 15.6 Å². The predicted octanol–water partition coefficient (Wildman–Crippen LogP) is 1.04. The van der Waals surface area contributed by atoms with Crippen molar-refractivity contribution in [2.75, 3.05) is 0 Å². The van der Waals surface area contributed by atoms with E-state index < -0.39 is 0 Å². The van der Waals surface area contributed by atoms with Crippen LogP contribution in [0, 0.1) is 0 Å². The lowest BCUT2D eigenvalue weighted by atomic mass is 10.3. The van der Waals surface area contributed by atoms with Gasteiger partial charge in [0.15, 0.2) is 0 Å². The third-order valence-corrected chi connectivity index (χ3v) is 2.09. The number of hydrogen-bond donors (Lipinski definition) is 2. The van der Waals surface area contributed by atoms with Crippen molar-refractivity contribution in [2.45, 2.75) is 25.4 Å². The lowest BCUT2D eigenvalue weighted by Gasteiger charge is -2.05. The van der Waals surface area contributed by atoms with E-state index in [4.69, 9.17) is 0 Å². The normalized spacial score (nSPS) is 14.9. The Morgan fingerprint density at radius 1 is 1.57 bits per heavy atom. The smallest absolute Gasteiger partial charge is 0.315 e. The molecule has 0 atom stereocenters. The van der Waals surface area contributed by atoms with Crippen molar-refractivity contribution in [2.24, 2.45) is 0 Å². The molecule has 1 aliphatic rings. The van der Waals surface area contributed by atoms with Gasteiger partial charge in [-0.1, -0.05) is 6.07 Å². The summed E-state index contributed by atoms with van der Waals surface area (Å²) < 4.78 is 0. The minimum absolute atomic E-state index is 0.0867. The molecule has 0 aromatic carbocycles. The van der Waals surface area contributed by atoms with Gasteiger partial charge in [-0.25, -0.2) is 4.79 Å². The molecule has 4 nitrogen and oxygen atoms in total. The zero-order chi connectivity index (χ0) is 9.80. The Hall–Kier alpha value is -1.58. The molecule has 14 heavy (non-hydrogen) atoms. The first-order chi connectivity index (χ1) is 6.84. The number of nitrogens with one attached hydrogen (secondary N) is 2. The van der Waals surface area contributed by atoms with Gasteiger partial charge in [0.25, 0.3) is 0 Å². The summed E-state index contributed by atoms with van der Waals surface area (Å²) >= 11 is 0. The molecule has 2 amide bonds. The maximum atomic E-state index is 11.2. The molecule has 0 radical (unpaired) electrons. The van der Waals surface area contributed by atoms with Gasteiger partial charge in [0.05, 0.1) is 0 Å². The van der Waals surface area contributed by atoms with Gasteiger partial charge in [-0.2, -0.15) is 0 Å². The highest BCUT2D eigenvalue weighted by Gasteiger charge is 2.22.